The number of phenolic OH excluding ortho intramolecular Hbond substituents is 1. The molecule has 2 aromatic carbocycles. The Morgan fingerprint density at radius 2 is 1.86 bits per heavy atom. The van der Waals surface area contributed by atoms with Crippen molar-refractivity contribution in [3.8, 4) is 5.75 Å². The van der Waals surface area contributed by atoms with Gasteiger partial charge < -0.3 is 10.4 Å². The summed E-state index contributed by atoms with van der Waals surface area (Å²) in [5.41, 5.74) is 2.82. The molecule has 0 heterocycles. The van der Waals surface area contributed by atoms with E-state index in [0.717, 1.165) is 16.7 Å². The average molecular weight is 307 g/mol. The predicted octanol–water partition coefficient (Wildman–Crippen LogP) is 4.18. The molecule has 5 nitrogen and oxygen atoms in total. The van der Waals surface area contributed by atoms with Gasteiger partial charge in [0.25, 0.3) is 5.69 Å². The number of rotatable bonds is 4. The average Bonchev–Trinajstić information content (AvgIpc) is 2.42. The molecule has 0 unspecified atom stereocenters. The molecule has 0 aliphatic carbocycles. The van der Waals surface area contributed by atoms with Gasteiger partial charge in [-0.2, -0.15) is 0 Å². The minimum atomic E-state index is -0.452. The van der Waals surface area contributed by atoms with Crippen LogP contribution in [0.25, 0.3) is 0 Å². The highest BCUT2D eigenvalue weighted by Crippen LogP contribution is 2.29. The molecule has 6 heteroatoms. The summed E-state index contributed by atoms with van der Waals surface area (Å²) < 4.78 is 0. The minimum Gasteiger partial charge on any atom is -0.507 e. The molecule has 0 radical (unpaired) electrons. The van der Waals surface area contributed by atoms with Crippen LogP contribution < -0.4 is 5.32 Å². The van der Waals surface area contributed by atoms with E-state index in [2.05, 4.69) is 5.32 Å². The number of aryl methyl sites for hydroxylation is 2. The van der Waals surface area contributed by atoms with Gasteiger partial charge in [-0.05, 0) is 42.7 Å². The number of aromatic hydroxyl groups is 1. The van der Waals surface area contributed by atoms with Crippen molar-refractivity contribution >= 4 is 23.0 Å². The second-order valence-corrected chi connectivity index (χ2v) is 5.29. The molecule has 110 valence electrons. The van der Waals surface area contributed by atoms with E-state index < -0.39 is 4.92 Å². The van der Waals surface area contributed by atoms with E-state index in [1.54, 1.807) is 0 Å². The van der Waals surface area contributed by atoms with Gasteiger partial charge in [-0.1, -0.05) is 23.7 Å². The lowest BCUT2D eigenvalue weighted by Crippen LogP contribution is -2.03. The molecule has 0 aliphatic heterocycles. The summed E-state index contributed by atoms with van der Waals surface area (Å²) >= 11 is 5.88. The summed E-state index contributed by atoms with van der Waals surface area (Å²) in [6.07, 6.45) is 0. The van der Waals surface area contributed by atoms with E-state index in [1.165, 1.54) is 18.2 Å². The van der Waals surface area contributed by atoms with Gasteiger partial charge in [-0.15, -0.1) is 0 Å². The molecule has 0 aromatic heterocycles. The SMILES string of the molecule is Cc1cc(CNc2cc(Cl)ccc2[N+](=O)[O-])cc(C)c1O. The molecular weight excluding hydrogens is 292 g/mol. The predicted molar refractivity (Wildman–Crippen MR) is 83.0 cm³/mol. The molecule has 2 rings (SSSR count). The molecule has 0 saturated carbocycles. The molecule has 0 bridgehead atoms. The van der Waals surface area contributed by atoms with Gasteiger partial charge in [0.1, 0.15) is 11.4 Å². The minimum absolute atomic E-state index is 0.0216. The first-order chi connectivity index (χ1) is 9.88. The standard InChI is InChI=1S/C15H15ClN2O3/c1-9-5-11(6-10(2)15(9)19)8-17-13-7-12(16)3-4-14(13)18(20)21/h3-7,17,19H,8H2,1-2H3. The third-order valence-corrected chi connectivity index (χ3v) is 3.42. The summed E-state index contributed by atoms with van der Waals surface area (Å²) in [5.74, 6) is 0.271. The number of nitrogens with one attached hydrogen (secondary N) is 1. The van der Waals surface area contributed by atoms with Crippen LogP contribution in [0.4, 0.5) is 11.4 Å². The van der Waals surface area contributed by atoms with Crippen molar-refractivity contribution in [1.29, 1.82) is 0 Å². The first-order valence-corrected chi connectivity index (χ1v) is 6.73. The highest BCUT2D eigenvalue weighted by Gasteiger charge is 2.14. The fourth-order valence-electron chi connectivity index (χ4n) is 2.15. The van der Waals surface area contributed by atoms with Crippen molar-refractivity contribution in [2.24, 2.45) is 0 Å². The number of hydrogen-bond donors (Lipinski definition) is 2. The van der Waals surface area contributed by atoms with Crippen LogP contribution in [-0.4, -0.2) is 10.0 Å². The van der Waals surface area contributed by atoms with Crippen LogP contribution in [0.5, 0.6) is 5.75 Å². The Balaban J connectivity index is 2.24. The highest BCUT2D eigenvalue weighted by molar-refractivity contribution is 6.31. The molecule has 0 saturated heterocycles. The number of halogens is 1. The van der Waals surface area contributed by atoms with Crippen LogP contribution in [0, 0.1) is 24.0 Å². The van der Waals surface area contributed by atoms with Crippen LogP contribution in [0.2, 0.25) is 5.02 Å². The first-order valence-electron chi connectivity index (χ1n) is 6.35. The quantitative estimate of drug-likeness (QED) is 0.656. The maximum Gasteiger partial charge on any atom is 0.292 e. The van der Waals surface area contributed by atoms with Crippen LogP contribution in [0.1, 0.15) is 16.7 Å². The van der Waals surface area contributed by atoms with Crippen molar-refractivity contribution in [3.05, 3.63) is 62.2 Å². The zero-order valence-corrected chi connectivity index (χ0v) is 12.4. The number of anilines is 1. The lowest BCUT2D eigenvalue weighted by Gasteiger charge is -2.10. The molecule has 0 spiro atoms. The largest absolute Gasteiger partial charge is 0.507 e. The van der Waals surface area contributed by atoms with Crippen LogP contribution in [-0.2, 0) is 6.54 Å². The number of hydrogen-bond acceptors (Lipinski definition) is 4. The van der Waals surface area contributed by atoms with Gasteiger partial charge in [-0.3, -0.25) is 10.1 Å². The molecule has 2 N–H and O–H groups in total. The van der Waals surface area contributed by atoms with E-state index in [-0.39, 0.29) is 11.4 Å². The first kappa shape index (κ1) is 15.1. The Morgan fingerprint density at radius 3 is 2.43 bits per heavy atom. The number of nitrogens with zero attached hydrogens (tertiary/aromatic N) is 1. The lowest BCUT2D eigenvalue weighted by atomic mass is 10.1. The number of phenols is 1. The van der Waals surface area contributed by atoms with Crippen molar-refractivity contribution in [2.45, 2.75) is 20.4 Å². The molecule has 0 atom stereocenters. The van der Waals surface area contributed by atoms with E-state index in [0.29, 0.717) is 17.3 Å². The maximum absolute atomic E-state index is 11.0. The fourth-order valence-corrected chi connectivity index (χ4v) is 2.33. The number of nitro groups is 1. The van der Waals surface area contributed by atoms with E-state index in [1.807, 2.05) is 26.0 Å². The summed E-state index contributed by atoms with van der Waals surface area (Å²) in [6, 6.07) is 8.06. The maximum atomic E-state index is 11.0. The number of nitro benzene ring substituents is 1. The van der Waals surface area contributed by atoms with Gasteiger partial charge >= 0.3 is 0 Å². The molecule has 0 amide bonds. The molecule has 21 heavy (non-hydrogen) atoms. The zero-order chi connectivity index (χ0) is 15.6. The van der Waals surface area contributed by atoms with Gasteiger partial charge in [0, 0.05) is 17.6 Å². The normalized spacial score (nSPS) is 10.4. The summed E-state index contributed by atoms with van der Waals surface area (Å²) in [4.78, 5) is 10.5. The van der Waals surface area contributed by atoms with Gasteiger partial charge in [0.2, 0.25) is 0 Å². The summed E-state index contributed by atoms with van der Waals surface area (Å²) in [6.45, 7) is 4.03. The molecule has 0 aliphatic rings. The van der Waals surface area contributed by atoms with Crippen LogP contribution in [0.15, 0.2) is 30.3 Å². The smallest absolute Gasteiger partial charge is 0.292 e. The zero-order valence-electron chi connectivity index (χ0n) is 11.7. The summed E-state index contributed by atoms with van der Waals surface area (Å²) in [5, 5.41) is 24.2. The van der Waals surface area contributed by atoms with E-state index in [4.69, 9.17) is 11.6 Å². The molecule has 0 fully saturated rings. The Kier molecular flexibility index (Phi) is 4.33. The fraction of sp³-hybridized carbons (Fsp3) is 0.200. The topological polar surface area (TPSA) is 75.4 Å². The van der Waals surface area contributed by atoms with Gasteiger partial charge in [0.05, 0.1) is 4.92 Å². The third-order valence-electron chi connectivity index (χ3n) is 3.19. The van der Waals surface area contributed by atoms with Gasteiger partial charge in [-0.25, -0.2) is 0 Å². The third kappa shape index (κ3) is 3.44. The Labute approximate surface area is 127 Å². The number of benzene rings is 2. The second-order valence-electron chi connectivity index (χ2n) is 4.85. The van der Waals surface area contributed by atoms with Crippen LogP contribution >= 0.6 is 11.6 Å². The molecular formula is C15H15ClN2O3. The Hall–Kier alpha value is -2.27. The lowest BCUT2D eigenvalue weighted by molar-refractivity contribution is -0.384. The van der Waals surface area contributed by atoms with Gasteiger partial charge in [0.15, 0.2) is 0 Å². The Bertz CT molecular complexity index is 678. The van der Waals surface area contributed by atoms with Crippen molar-refractivity contribution in [2.75, 3.05) is 5.32 Å². The molecule has 2 aromatic rings. The van der Waals surface area contributed by atoms with Crippen molar-refractivity contribution in [1.82, 2.24) is 0 Å². The summed E-state index contributed by atoms with van der Waals surface area (Å²) in [7, 11) is 0. The second kappa shape index (κ2) is 6.01. The van der Waals surface area contributed by atoms with Crippen molar-refractivity contribution in [3.63, 3.8) is 0 Å². The monoisotopic (exact) mass is 306 g/mol. The van der Waals surface area contributed by atoms with Crippen molar-refractivity contribution < 1.29 is 10.0 Å². The van der Waals surface area contributed by atoms with E-state index >= 15 is 0 Å². The Morgan fingerprint density at radius 1 is 1.24 bits per heavy atom. The van der Waals surface area contributed by atoms with Crippen LogP contribution in [0.3, 0.4) is 0 Å². The van der Waals surface area contributed by atoms with E-state index in [9.17, 15) is 15.2 Å². The highest BCUT2D eigenvalue weighted by atomic mass is 35.5.